The number of nitrogens with two attached hydrogens (primary N) is 1. The van der Waals surface area contributed by atoms with Crippen molar-refractivity contribution >= 4 is 33.2 Å². The van der Waals surface area contributed by atoms with Gasteiger partial charge in [-0.15, -0.1) is 11.3 Å². The van der Waals surface area contributed by atoms with Crippen molar-refractivity contribution in [3.63, 3.8) is 0 Å². The number of amides is 1. The fraction of sp³-hybridized carbons (Fsp3) is 0.455. The first-order valence-electron chi connectivity index (χ1n) is 5.86. The molecule has 1 fully saturated rings. The predicted octanol–water partition coefficient (Wildman–Crippen LogP) is 0.251. The summed E-state index contributed by atoms with van der Waals surface area (Å²) in [4.78, 5) is 22.4. The van der Waals surface area contributed by atoms with Crippen LogP contribution in [0.3, 0.4) is 0 Å². The molecule has 2 heterocycles. The second-order valence-corrected chi connectivity index (χ2v) is 7.75. The summed E-state index contributed by atoms with van der Waals surface area (Å²) in [6, 6.07) is 1.16. The minimum atomic E-state index is -3.78. The fourth-order valence-corrected chi connectivity index (χ4v) is 5.04. The Hall–Kier alpha value is -1.45. The van der Waals surface area contributed by atoms with Crippen LogP contribution in [0.5, 0.6) is 0 Å². The van der Waals surface area contributed by atoms with Crippen molar-refractivity contribution in [3.8, 4) is 0 Å². The van der Waals surface area contributed by atoms with E-state index in [1.165, 1.54) is 4.31 Å². The first-order chi connectivity index (χ1) is 9.23. The number of aromatic carboxylic acids is 1. The van der Waals surface area contributed by atoms with Gasteiger partial charge >= 0.3 is 5.97 Å². The number of carbonyl (C=O) groups is 2. The molecule has 1 amide bonds. The van der Waals surface area contributed by atoms with E-state index in [0.29, 0.717) is 11.3 Å². The number of primary amides is 1. The maximum absolute atomic E-state index is 12.4. The van der Waals surface area contributed by atoms with E-state index in [2.05, 4.69) is 0 Å². The highest BCUT2D eigenvalue weighted by Crippen LogP contribution is 2.31. The van der Waals surface area contributed by atoms with Crippen LogP contribution in [0.2, 0.25) is 0 Å². The molecule has 0 saturated carbocycles. The van der Waals surface area contributed by atoms with Crippen LogP contribution in [-0.4, -0.2) is 42.8 Å². The van der Waals surface area contributed by atoms with E-state index in [4.69, 9.17) is 10.8 Å². The van der Waals surface area contributed by atoms with Gasteiger partial charge in [0.1, 0.15) is 4.88 Å². The summed E-state index contributed by atoms with van der Waals surface area (Å²) in [5.41, 5.74) is 5.18. The predicted molar refractivity (Wildman–Crippen MR) is 72.1 cm³/mol. The Kier molecular flexibility index (Phi) is 3.85. The van der Waals surface area contributed by atoms with E-state index in [1.54, 1.807) is 6.92 Å². The molecule has 1 aliphatic rings. The van der Waals surface area contributed by atoms with Crippen LogP contribution < -0.4 is 5.73 Å². The van der Waals surface area contributed by atoms with Gasteiger partial charge in [-0.2, -0.15) is 4.31 Å². The summed E-state index contributed by atoms with van der Waals surface area (Å²) >= 11 is 0.918. The summed E-state index contributed by atoms with van der Waals surface area (Å²) in [6.45, 7) is 1.83. The third-order valence-electron chi connectivity index (χ3n) is 3.25. The van der Waals surface area contributed by atoms with Crippen molar-refractivity contribution in [3.05, 3.63) is 15.8 Å². The van der Waals surface area contributed by atoms with Gasteiger partial charge in [-0.3, -0.25) is 4.79 Å². The first-order valence-corrected chi connectivity index (χ1v) is 8.12. The fourth-order valence-electron chi connectivity index (χ4n) is 2.14. The second kappa shape index (κ2) is 5.15. The van der Waals surface area contributed by atoms with Crippen molar-refractivity contribution < 1.29 is 23.1 Å². The third-order valence-corrected chi connectivity index (χ3v) is 6.41. The smallest absolute Gasteiger partial charge is 0.345 e. The Labute approximate surface area is 120 Å². The zero-order chi connectivity index (χ0) is 15.1. The Bertz CT molecular complexity index is 664. The zero-order valence-corrected chi connectivity index (χ0v) is 12.3. The Morgan fingerprint density at radius 2 is 2.15 bits per heavy atom. The van der Waals surface area contributed by atoms with E-state index >= 15 is 0 Å². The highest BCUT2D eigenvalue weighted by atomic mass is 32.2. The van der Waals surface area contributed by atoms with E-state index in [0.717, 1.165) is 17.4 Å². The average Bonchev–Trinajstić information content (AvgIpc) is 2.94. The molecule has 1 aromatic heterocycles. The number of carbonyl (C=O) groups excluding carboxylic acids is 1. The van der Waals surface area contributed by atoms with E-state index in [1.807, 2.05) is 0 Å². The number of carboxylic acid groups (broad SMARTS) is 1. The van der Waals surface area contributed by atoms with Crippen LogP contribution in [0, 0.1) is 12.8 Å². The minimum absolute atomic E-state index is 0.00924. The van der Waals surface area contributed by atoms with Crippen molar-refractivity contribution in [1.82, 2.24) is 4.31 Å². The molecule has 1 atom stereocenters. The highest BCUT2D eigenvalue weighted by Gasteiger charge is 2.36. The molecule has 1 unspecified atom stereocenters. The van der Waals surface area contributed by atoms with Crippen LogP contribution >= 0.6 is 11.3 Å². The van der Waals surface area contributed by atoms with Gasteiger partial charge in [0.2, 0.25) is 15.9 Å². The zero-order valence-electron chi connectivity index (χ0n) is 10.7. The topological polar surface area (TPSA) is 118 Å². The molecule has 1 aromatic rings. The molecule has 7 nitrogen and oxygen atoms in total. The molecule has 0 aromatic carbocycles. The summed E-state index contributed by atoms with van der Waals surface area (Å²) in [5.74, 6) is -2.16. The van der Waals surface area contributed by atoms with Crippen LogP contribution in [0.15, 0.2) is 11.0 Å². The van der Waals surface area contributed by atoms with Gasteiger partial charge in [-0.25, -0.2) is 13.2 Å². The normalized spacial score (nSPS) is 20.1. The third kappa shape index (κ3) is 2.56. The van der Waals surface area contributed by atoms with Crippen molar-refractivity contribution in [2.75, 3.05) is 13.1 Å². The molecule has 0 bridgehead atoms. The van der Waals surface area contributed by atoms with Gasteiger partial charge in [-0.05, 0) is 19.4 Å². The lowest BCUT2D eigenvalue weighted by molar-refractivity contribution is -0.121. The lowest BCUT2D eigenvalue weighted by atomic mass is 10.1. The van der Waals surface area contributed by atoms with Gasteiger partial charge in [0.05, 0.1) is 10.8 Å². The first kappa shape index (κ1) is 14.9. The quantitative estimate of drug-likeness (QED) is 0.825. The second-order valence-electron chi connectivity index (χ2n) is 4.59. The standard InChI is InChI=1S/C11H14N2O5S2/c1-6-9(4-8(19-6)11(15)16)20(17,18)13-3-2-7(5-13)10(12)14/h4,7H,2-3,5H2,1H3,(H2,12,14)(H,15,16). The van der Waals surface area contributed by atoms with Crippen molar-refractivity contribution in [1.29, 1.82) is 0 Å². The number of hydrogen-bond acceptors (Lipinski definition) is 5. The molecule has 2 rings (SSSR count). The number of hydrogen-bond donors (Lipinski definition) is 2. The summed E-state index contributed by atoms with van der Waals surface area (Å²) in [6.07, 6.45) is 0.392. The molecule has 0 spiro atoms. The number of sulfonamides is 1. The highest BCUT2D eigenvalue weighted by molar-refractivity contribution is 7.89. The molecule has 1 saturated heterocycles. The molecular weight excluding hydrogens is 304 g/mol. The molecule has 20 heavy (non-hydrogen) atoms. The molecular formula is C11H14N2O5S2. The van der Waals surface area contributed by atoms with E-state index < -0.39 is 27.8 Å². The molecule has 1 aliphatic heterocycles. The summed E-state index contributed by atoms with van der Waals surface area (Å²) in [7, 11) is -3.78. The lowest BCUT2D eigenvalue weighted by Crippen LogP contribution is -2.31. The van der Waals surface area contributed by atoms with E-state index in [9.17, 15) is 18.0 Å². The Morgan fingerprint density at radius 3 is 2.60 bits per heavy atom. The SMILES string of the molecule is Cc1sc(C(=O)O)cc1S(=O)(=O)N1CCC(C(N)=O)C1. The van der Waals surface area contributed by atoms with Gasteiger partial charge in [-0.1, -0.05) is 0 Å². The monoisotopic (exact) mass is 318 g/mol. The maximum atomic E-state index is 12.4. The molecule has 9 heteroatoms. The maximum Gasteiger partial charge on any atom is 0.345 e. The van der Waals surface area contributed by atoms with E-state index in [-0.39, 0.29) is 22.9 Å². The average molecular weight is 318 g/mol. The number of rotatable bonds is 4. The number of carboxylic acids is 1. The summed E-state index contributed by atoms with van der Waals surface area (Å²) < 4.78 is 26.1. The van der Waals surface area contributed by atoms with Gasteiger partial charge in [0, 0.05) is 18.0 Å². The van der Waals surface area contributed by atoms with Crippen LogP contribution in [0.25, 0.3) is 0 Å². The van der Waals surface area contributed by atoms with Gasteiger partial charge in [0.15, 0.2) is 0 Å². The Morgan fingerprint density at radius 1 is 1.50 bits per heavy atom. The van der Waals surface area contributed by atoms with Crippen LogP contribution in [-0.2, 0) is 14.8 Å². The molecule has 3 N–H and O–H groups in total. The van der Waals surface area contributed by atoms with Gasteiger partial charge < -0.3 is 10.8 Å². The Balaban J connectivity index is 2.32. The lowest BCUT2D eigenvalue weighted by Gasteiger charge is -2.15. The van der Waals surface area contributed by atoms with Crippen LogP contribution in [0.1, 0.15) is 21.0 Å². The van der Waals surface area contributed by atoms with Crippen molar-refractivity contribution in [2.24, 2.45) is 11.7 Å². The van der Waals surface area contributed by atoms with Gasteiger partial charge in [0.25, 0.3) is 0 Å². The largest absolute Gasteiger partial charge is 0.477 e. The number of thiophene rings is 1. The molecule has 0 radical (unpaired) electrons. The number of aryl methyl sites for hydroxylation is 1. The molecule has 110 valence electrons. The minimum Gasteiger partial charge on any atom is -0.477 e. The van der Waals surface area contributed by atoms with Crippen molar-refractivity contribution in [2.45, 2.75) is 18.2 Å². The summed E-state index contributed by atoms with van der Waals surface area (Å²) in [5, 5.41) is 8.91. The molecule has 0 aliphatic carbocycles. The van der Waals surface area contributed by atoms with Crippen LogP contribution in [0.4, 0.5) is 0 Å². The number of nitrogens with zero attached hydrogens (tertiary/aromatic N) is 1.